The molecule has 3 saturated heterocycles. The molecule has 7 aromatic rings. The van der Waals surface area contributed by atoms with Crippen LogP contribution in [0, 0.1) is 17.8 Å². The Morgan fingerprint density at radius 2 is 0.552 bits per heavy atom. The molecule has 22 heteroatoms. The van der Waals surface area contributed by atoms with Gasteiger partial charge in [-0.2, -0.15) is 0 Å². The zero-order valence-electron chi connectivity index (χ0n) is 52.7. The summed E-state index contributed by atoms with van der Waals surface area (Å²) in [4.78, 5) is 110. The number of rotatable bonds is 27. The molecular weight excluding hydrogens is 1240 g/mol. The molecule has 0 saturated carbocycles. The van der Waals surface area contributed by atoms with Crippen molar-refractivity contribution in [1.29, 1.82) is 0 Å². The minimum absolute atomic E-state index is 0.110. The first kappa shape index (κ1) is 69.1. The Labute approximate surface area is 553 Å². The molecule has 3 heterocycles. The van der Waals surface area contributed by atoms with Gasteiger partial charge in [0, 0.05) is 17.8 Å². The van der Waals surface area contributed by atoms with Crippen molar-refractivity contribution in [3.8, 4) is 0 Å². The summed E-state index contributed by atoms with van der Waals surface area (Å²) in [6.07, 6.45) is -16.3. The van der Waals surface area contributed by atoms with Gasteiger partial charge in [-0.05, 0) is 84.9 Å². The largest absolute Gasteiger partial charge is 0.459 e. The van der Waals surface area contributed by atoms with Crippen molar-refractivity contribution in [2.24, 2.45) is 17.8 Å². The third-order valence-corrected chi connectivity index (χ3v) is 16.5. The molecule has 22 nitrogen and oxygen atoms in total. The van der Waals surface area contributed by atoms with Crippen LogP contribution in [-0.4, -0.2) is 162 Å². The topological polar surface area (TPSA) is 266 Å². The molecule has 0 aliphatic carbocycles. The Morgan fingerprint density at radius 3 is 0.823 bits per heavy atom. The van der Waals surface area contributed by atoms with E-state index < -0.39 is 153 Å². The highest BCUT2D eigenvalue weighted by Gasteiger charge is 2.55. The predicted octanol–water partition coefficient (Wildman–Crippen LogP) is 9.55. The van der Waals surface area contributed by atoms with Crippen molar-refractivity contribution in [2.45, 2.75) is 94.6 Å². The number of carbonyl (C=O) groups excluding carboxylic acids is 8. The van der Waals surface area contributed by atoms with Gasteiger partial charge in [-0.25, -0.2) is 33.6 Å². The molecule has 0 spiro atoms. The van der Waals surface area contributed by atoms with Crippen LogP contribution in [0.2, 0.25) is 0 Å². The first-order valence-corrected chi connectivity index (χ1v) is 31.4. The Hall–Kier alpha value is -9.78. The van der Waals surface area contributed by atoms with Gasteiger partial charge in [0.05, 0.1) is 77.6 Å². The summed E-state index contributed by atoms with van der Waals surface area (Å²) in [5, 5.41) is 0. The number of benzene rings is 7. The third-order valence-electron chi connectivity index (χ3n) is 16.5. The van der Waals surface area contributed by atoms with Gasteiger partial charge in [0.25, 0.3) is 0 Å². The number of aldehydes is 1. The second-order valence-corrected chi connectivity index (χ2v) is 22.9. The number of carbonyl (C=O) groups is 8. The van der Waals surface area contributed by atoms with Crippen LogP contribution in [0.5, 0.6) is 0 Å². The van der Waals surface area contributed by atoms with Crippen molar-refractivity contribution in [1.82, 2.24) is 0 Å². The fourth-order valence-corrected chi connectivity index (χ4v) is 11.1. The average Bonchev–Trinajstić information content (AvgIpc) is 0.793. The molecular formula is C74H72O22. The van der Waals surface area contributed by atoms with E-state index in [-0.39, 0.29) is 58.8 Å². The van der Waals surface area contributed by atoms with Crippen molar-refractivity contribution in [2.75, 3.05) is 39.6 Å². The quantitative estimate of drug-likeness (QED) is 0.0201. The maximum absolute atomic E-state index is 14.4. The maximum Gasteiger partial charge on any atom is 0.338 e. The van der Waals surface area contributed by atoms with Crippen LogP contribution in [0.25, 0.3) is 0 Å². The summed E-state index contributed by atoms with van der Waals surface area (Å²) in [5.74, 6) is -8.28. The highest BCUT2D eigenvalue weighted by molar-refractivity contribution is 5.93. The van der Waals surface area contributed by atoms with E-state index in [0.717, 1.165) is 0 Å². The number of hydrogen-bond donors (Lipinski definition) is 0. The van der Waals surface area contributed by atoms with Crippen LogP contribution in [0.3, 0.4) is 0 Å². The molecule has 0 amide bonds. The maximum atomic E-state index is 14.4. The van der Waals surface area contributed by atoms with Gasteiger partial charge in [-0.1, -0.05) is 148 Å². The fourth-order valence-electron chi connectivity index (χ4n) is 11.1. The van der Waals surface area contributed by atoms with Crippen molar-refractivity contribution in [3.63, 3.8) is 0 Å². The monoisotopic (exact) mass is 1310 g/mol. The number of ether oxygens (including phenoxy) is 14. The highest BCUT2D eigenvalue weighted by atomic mass is 16.8. The van der Waals surface area contributed by atoms with E-state index in [2.05, 4.69) is 0 Å². The van der Waals surface area contributed by atoms with Gasteiger partial charge >= 0.3 is 41.8 Å². The molecule has 10 rings (SSSR count). The summed E-state index contributed by atoms with van der Waals surface area (Å²) in [6, 6.07) is 56.8. The summed E-state index contributed by atoms with van der Waals surface area (Å²) in [7, 11) is 0. The Morgan fingerprint density at radius 1 is 0.312 bits per heavy atom. The Kier molecular flexibility index (Phi) is 24.5. The van der Waals surface area contributed by atoms with E-state index in [4.69, 9.17) is 66.3 Å². The normalized spacial score (nSPS) is 25.3. The van der Waals surface area contributed by atoms with Crippen LogP contribution in [-0.2, 0) is 71.1 Å². The van der Waals surface area contributed by atoms with Crippen LogP contribution in [0.15, 0.2) is 212 Å². The van der Waals surface area contributed by atoms with Gasteiger partial charge in [-0.3, -0.25) is 0 Å². The minimum Gasteiger partial charge on any atom is -0.459 e. The third kappa shape index (κ3) is 18.0. The van der Waals surface area contributed by atoms with Crippen LogP contribution in [0.4, 0.5) is 0 Å². The molecule has 3 aliphatic rings. The smallest absolute Gasteiger partial charge is 0.338 e. The lowest BCUT2D eigenvalue weighted by molar-refractivity contribution is -0.329. The second-order valence-electron chi connectivity index (χ2n) is 22.9. The van der Waals surface area contributed by atoms with E-state index in [9.17, 15) is 38.4 Å². The molecule has 15 atom stereocenters. The molecule has 7 aromatic carbocycles. The van der Waals surface area contributed by atoms with Crippen molar-refractivity contribution >= 4 is 48.1 Å². The highest BCUT2D eigenvalue weighted by Crippen LogP contribution is 2.38. The fraction of sp³-hybridized carbons (Fsp3) is 0.324. The van der Waals surface area contributed by atoms with Crippen LogP contribution < -0.4 is 0 Å². The molecule has 0 bridgehead atoms. The molecule has 0 unspecified atom stereocenters. The molecule has 3 aliphatic heterocycles. The molecule has 0 N–H and O–H groups in total. The summed E-state index contributed by atoms with van der Waals surface area (Å²) < 4.78 is 88.8. The Bertz CT molecular complexity index is 3660. The molecule has 500 valence electrons. The van der Waals surface area contributed by atoms with E-state index >= 15 is 0 Å². The first-order chi connectivity index (χ1) is 46.7. The lowest BCUT2D eigenvalue weighted by atomic mass is 9.89. The molecule has 96 heavy (non-hydrogen) atoms. The zero-order chi connectivity index (χ0) is 67.3. The summed E-state index contributed by atoms with van der Waals surface area (Å²) >= 11 is 0. The second kappa shape index (κ2) is 34.1. The zero-order valence-corrected chi connectivity index (χ0v) is 52.7. The Balaban J connectivity index is 1.00. The number of esters is 7. The minimum atomic E-state index is -1.69. The average molecular weight is 1310 g/mol. The van der Waals surface area contributed by atoms with Gasteiger partial charge in [-0.15, -0.1) is 0 Å². The molecule has 3 fully saturated rings. The standard InChI is InChI=1S/C74H72O22/c1-46-56(43-85-65(76)49-25-11-4-12-26-49)89-73(63(95-70(81)54-35-21-9-22-36-54)60(46)92-67(78)51-29-15-6-16-30-51)87-45-58-48(3)61(93-68(79)52-31-17-7-18-32-52)64(96-71(82)55-37-23-10-24-38-55)74(90-58)86-44-57-47(2)59(91-66(77)50-27-13-5-14-28-50)62(72(88-57)84-42-41-83-40-39-75)94-69(80)53-33-19-8-20-34-53/h4-39,46-48,56-64,72-74H,40-45H2,1-3H3/t46-,47-,48-,56-,57-,58-,59+,60+,61+,62-,63-,64-,72-,73-,74-/m1/s1. The van der Waals surface area contributed by atoms with Gasteiger partial charge in [0.1, 0.15) is 43.9 Å². The van der Waals surface area contributed by atoms with Gasteiger partial charge in [0.2, 0.25) is 0 Å². The summed E-state index contributed by atoms with van der Waals surface area (Å²) in [6.45, 7) is 3.09. The van der Waals surface area contributed by atoms with Crippen LogP contribution >= 0.6 is 0 Å². The van der Waals surface area contributed by atoms with Crippen LogP contribution in [0.1, 0.15) is 93.3 Å². The predicted molar refractivity (Wildman–Crippen MR) is 339 cm³/mol. The van der Waals surface area contributed by atoms with E-state index in [1.165, 1.54) is 24.3 Å². The first-order valence-electron chi connectivity index (χ1n) is 31.4. The lowest BCUT2D eigenvalue weighted by Crippen LogP contribution is -2.61. The van der Waals surface area contributed by atoms with Crippen molar-refractivity contribution in [3.05, 3.63) is 251 Å². The molecule has 0 radical (unpaired) electrons. The van der Waals surface area contributed by atoms with E-state index in [1.54, 1.807) is 209 Å². The van der Waals surface area contributed by atoms with Gasteiger partial charge in [0.15, 0.2) is 37.2 Å². The van der Waals surface area contributed by atoms with E-state index in [0.29, 0.717) is 6.29 Å². The SMILES string of the molecule is C[C@H]1[C@H](OC(=O)c2ccccc2)[C@@H](OC(=O)c2ccccc2)[C@H](OC[C@H]2O[C@@H](OC[C@H]3O[C@@H](OCCOCC=O)[C@H](OC(=O)c4ccccc4)[C@@H](OC(=O)c4ccccc4)[C@@H]3C)[C@H](OC(=O)c3ccccc3)[C@@H](OC(=O)c3ccccc3)[C@@H]2C)O[C@@H]1COC(=O)c1ccccc1. The van der Waals surface area contributed by atoms with E-state index in [1.807, 2.05) is 0 Å². The number of hydrogen-bond acceptors (Lipinski definition) is 22. The lowest BCUT2D eigenvalue weighted by Gasteiger charge is -2.47. The summed E-state index contributed by atoms with van der Waals surface area (Å²) in [5.41, 5.74) is 1.17. The van der Waals surface area contributed by atoms with Gasteiger partial charge < -0.3 is 71.1 Å². The molecule has 0 aromatic heterocycles. The van der Waals surface area contributed by atoms with Crippen molar-refractivity contribution < 1.29 is 105 Å².